The predicted octanol–water partition coefficient (Wildman–Crippen LogP) is 5.28. The molecule has 0 saturated carbocycles. The van der Waals surface area contributed by atoms with E-state index in [1.807, 2.05) is 6.07 Å². The molecule has 1 aromatic heterocycles. The average molecular weight is 386 g/mol. The van der Waals surface area contributed by atoms with Crippen molar-refractivity contribution in [2.75, 3.05) is 0 Å². The molecule has 1 heterocycles. The first-order chi connectivity index (χ1) is 9.68. The second kappa shape index (κ2) is 9.75. The van der Waals surface area contributed by atoms with Crippen LogP contribution in [0.15, 0.2) is 18.2 Å². The minimum atomic E-state index is -2.49. The molecule has 0 aliphatic carbocycles. The van der Waals surface area contributed by atoms with E-state index in [1.54, 1.807) is 0 Å². The van der Waals surface area contributed by atoms with Crippen molar-refractivity contribution in [3.8, 4) is 0 Å². The van der Waals surface area contributed by atoms with Crippen molar-refractivity contribution in [2.45, 2.75) is 72.6 Å². The van der Waals surface area contributed by atoms with Crippen LogP contribution in [0.5, 0.6) is 0 Å². The molecule has 0 radical (unpaired) electrons. The van der Waals surface area contributed by atoms with Gasteiger partial charge in [0.15, 0.2) is 0 Å². The first-order valence-electron chi connectivity index (χ1n) is 8.31. The van der Waals surface area contributed by atoms with Crippen LogP contribution in [0.25, 0.3) is 0 Å². The van der Waals surface area contributed by atoms with Gasteiger partial charge in [0.1, 0.15) is 0 Å². The van der Waals surface area contributed by atoms with Gasteiger partial charge in [0, 0.05) is 0 Å². The number of unbranched alkanes of at least 4 members (excludes halogenated alkanes) is 3. The Morgan fingerprint density at radius 2 is 1.40 bits per heavy atom. The Kier molecular flexibility index (Phi) is 8.74. The Bertz CT molecular complexity index is 359. The molecule has 0 amide bonds. The van der Waals surface area contributed by atoms with E-state index in [0.29, 0.717) is 0 Å². The standard InChI is InChI=1S/C5H3FN.3C4H9.Sn/c6-5-3-1-2-4-7-5;3*1-3-4-2;/h1-3H;3*1,3-4H2,2H3;. The zero-order chi connectivity index (χ0) is 14.8. The number of rotatable bonds is 10. The zero-order valence-electron chi connectivity index (χ0n) is 13.4. The maximum absolute atomic E-state index is 13.6. The molecule has 0 aromatic carbocycles. The normalized spacial score (nSPS) is 11.8. The van der Waals surface area contributed by atoms with E-state index in [0.717, 1.165) is 0 Å². The quantitative estimate of drug-likeness (QED) is 0.394. The van der Waals surface area contributed by atoms with Crippen molar-refractivity contribution in [1.82, 2.24) is 4.98 Å². The summed E-state index contributed by atoms with van der Waals surface area (Å²) in [6, 6.07) is 5.48. The topological polar surface area (TPSA) is 12.9 Å². The molecule has 0 bridgehead atoms. The summed E-state index contributed by atoms with van der Waals surface area (Å²) in [7, 11) is 0. The molecule has 3 heteroatoms. The fourth-order valence-corrected chi connectivity index (χ4v) is 18.4. The third-order valence-electron chi connectivity index (χ3n) is 4.29. The molecule has 0 aliphatic heterocycles. The number of hydrogen-bond donors (Lipinski definition) is 0. The summed E-state index contributed by atoms with van der Waals surface area (Å²) in [6.07, 6.45) is 7.61. The van der Waals surface area contributed by atoms with Gasteiger partial charge in [0.2, 0.25) is 0 Å². The van der Waals surface area contributed by atoms with Crippen molar-refractivity contribution in [3.63, 3.8) is 0 Å². The van der Waals surface area contributed by atoms with Crippen LogP contribution in [0.1, 0.15) is 59.3 Å². The van der Waals surface area contributed by atoms with Crippen LogP contribution in [-0.4, -0.2) is 23.4 Å². The Morgan fingerprint density at radius 1 is 0.900 bits per heavy atom. The van der Waals surface area contributed by atoms with Gasteiger partial charge in [-0.2, -0.15) is 0 Å². The summed E-state index contributed by atoms with van der Waals surface area (Å²) >= 11 is -2.49. The van der Waals surface area contributed by atoms with E-state index in [2.05, 4.69) is 31.8 Å². The van der Waals surface area contributed by atoms with Crippen LogP contribution in [-0.2, 0) is 0 Å². The van der Waals surface area contributed by atoms with Crippen molar-refractivity contribution < 1.29 is 4.39 Å². The van der Waals surface area contributed by atoms with Crippen LogP contribution in [0.4, 0.5) is 4.39 Å². The molecule has 0 atom stereocenters. The second-order valence-electron chi connectivity index (χ2n) is 5.94. The van der Waals surface area contributed by atoms with Gasteiger partial charge in [-0.15, -0.1) is 0 Å². The van der Waals surface area contributed by atoms with Crippen molar-refractivity contribution in [2.24, 2.45) is 0 Å². The van der Waals surface area contributed by atoms with Gasteiger partial charge in [0.05, 0.1) is 0 Å². The Labute approximate surface area is 128 Å². The molecule has 0 unspecified atom stereocenters. The molecule has 0 spiro atoms. The van der Waals surface area contributed by atoms with Crippen LogP contribution < -0.4 is 3.71 Å². The summed E-state index contributed by atoms with van der Waals surface area (Å²) in [5.41, 5.74) is 0. The van der Waals surface area contributed by atoms with Gasteiger partial charge in [-0.3, -0.25) is 0 Å². The Morgan fingerprint density at radius 3 is 1.80 bits per heavy atom. The van der Waals surface area contributed by atoms with Gasteiger partial charge in [-0.25, -0.2) is 0 Å². The molecule has 0 saturated heterocycles. The summed E-state index contributed by atoms with van der Waals surface area (Å²) in [4.78, 5) is 4.33. The SMILES string of the molecule is CCC[CH2][Sn]([CH2]CCC)([CH2]CCC)[c]1cccc(F)n1. The van der Waals surface area contributed by atoms with Crippen molar-refractivity contribution >= 4 is 22.1 Å². The zero-order valence-corrected chi connectivity index (χ0v) is 16.3. The number of aromatic nitrogens is 1. The van der Waals surface area contributed by atoms with Crippen molar-refractivity contribution in [1.29, 1.82) is 0 Å². The van der Waals surface area contributed by atoms with Gasteiger partial charge in [0.25, 0.3) is 0 Å². The van der Waals surface area contributed by atoms with Crippen LogP contribution in [0.3, 0.4) is 0 Å². The monoisotopic (exact) mass is 387 g/mol. The molecule has 0 N–H and O–H groups in total. The second-order valence-corrected chi connectivity index (χ2v) is 19.0. The molecule has 114 valence electrons. The Balaban J connectivity index is 3.04. The third-order valence-corrected chi connectivity index (χ3v) is 19.4. The van der Waals surface area contributed by atoms with Crippen LogP contribution in [0.2, 0.25) is 13.3 Å². The fraction of sp³-hybridized carbons (Fsp3) is 0.706. The first kappa shape index (κ1) is 17.9. The number of halogens is 1. The van der Waals surface area contributed by atoms with Gasteiger partial charge in [-0.1, -0.05) is 0 Å². The van der Waals surface area contributed by atoms with Gasteiger partial charge < -0.3 is 0 Å². The molecule has 0 aliphatic rings. The van der Waals surface area contributed by atoms with Crippen LogP contribution in [0, 0.1) is 5.95 Å². The predicted molar refractivity (Wildman–Crippen MR) is 88.7 cm³/mol. The van der Waals surface area contributed by atoms with E-state index in [9.17, 15) is 4.39 Å². The number of hydrogen-bond acceptors (Lipinski definition) is 1. The molecule has 1 rings (SSSR count). The first-order valence-corrected chi connectivity index (χ1v) is 15.8. The number of pyridine rings is 1. The summed E-state index contributed by atoms with van der Waals surface area (Å²) < 4.78 is 18.8. The number of nitrogens with zero attached hydrogens (tertiary/aromatic N) is 1. The summed E-state index contributed by atoms with van der Waals surface area (Å²) in [6.45, 7) is 6.78. The maximum atomic E-state index is 13.6. The summed E-state index contributed by atoms with van der Waals surface area (Å²) in [5.74, 6) is -0.284. The molecule has 1 aromatic rings. The van der Waals surface area contributed by atoms with E-state index in [4.69, 9.17) is 0 Å². The molecule has 20 heavy (non-hydrogen) atoms. The minimum absolute atomic E-state index is 0.284. The van der Waals surface area contributed by atoms with Crippen LogP contribution >= 0.6 is 0 Å². The van der Waals surface area contributed by atoms with Crippen molar-refractivity contribution in [3.05, 3.63) is 24.1 Å². The molecule has 1 nitrogen and oxygen atoms in total. The molecular formula is C17H30FNSn. The fourth-order valence-electron chi connectivity index (χ4n) is 3.01. The summed E-state index contributed by atoms with van der Waals surface area (Å²) in [5, 5.41) is 0. The Hall–Kier alpha value is -0.121. The average Bonchev–Trinajstić information content (AvgIpc) is 2.47. The van der Waals surface area contributed by atoms with Gasteiger partial charge >= 0.3 is 128 Å². The van der Waals surface area contributed by atoms with E-state index in [-0.39, 0.29) is 5.95 Å². The van der Waals surface area contributed by atoms with E-state index >= 15 is 0 Å². The molecular weight excluding hydrogens is 356 g/mol. The third kappa shape index (κ3) is 5.34. The van der Waals surface area contributed by atoms with E-state index in [1.165, 1.54) is 61.6 Å². The van der Waals surface area contributed by atoms with Gasteiger partial charge in [-0.05, 0) is 0 Å². The molecule has 0 fully saturated rings. The van der Waals surface area contributed by atoms with E-state index < -0.39 is 18.4 Å².